The summed E-state index contributed by atoms with van der Waals surface area (Å²) in [6.07, 6.45) is 0. The van der Waals surface area contributed by atoms with Gasteiger partial charge in [0, 0.05) is 5.50 Å². The number of aliphatic imine (C=N–C) groups is 2. The predicted octanol–water partition coefficient (Wildman–Crippen LogP) is 3.75. The molecule has 0 saturated heterocycles. The monoisotopic (exact) mass is 332 g/mol. The van der Waals surface area contributed by atoms with Crippen molar-refractivity contribution < 1.29 is 9.47 Å². The van der Waals surface area contributed by atoms with Crippen LogP contribution in [0.2, 0.25) is 19.1 Å². The molecule has 1 rings (SSSR count). The highest BCUT2D eigenvalue weighted by atomic mass is 35.5. The first-order chi connectivity index (χ1) is 9.84. The van der Waals surface area contributed by atoms with Gasteiger partial charge in [-0.2, -0.15) is 0 Å². The smallest absolute Gasteiger partial charge is 0.209 e. The Balaban J connectivity index is 3.04. The Morgan fingerprint density at radius 3 is 2.14 bits per heavy atom. The van der Waals surface area contributed by atoms with E-state index in [4.69, 9.17) is 31.1 Å². The normalized spacial score (nSPS) is 22.9. The first kappa shape index (κ1) is 18.5. The number of halogens is 1. The molecule has 0 aromatic carbocycles. The maximum atomic E-state index is 6.12. The Labute approximate surface area is 135 Å². The lowest BCUT2D eigenvalue weighted by molar-refractivity contribution is 0.277. The Bertz CT molecular complexity index is 397. The molecule has 1 heterocycles. The van der Waals surface area contributed by atoms with Crippen LogP contribution in [0.25, 0.3) is 0 Å². The third kappa shape index (κ3) is 5.29. The molecule has 21 heavy (non-hydrogen) atoms. The molecule has 1 aliphatic heterocycles. The van der Waals surface area contributed by atoms with Gasteiger partial charge in [0.1, 0.15) is 12.1 Å². The molecule has 2 atom stereocenters. The number of hydrogen-bond donors (Lipinski definition) is 0. The van der Waals surface area contributed by atoms with Crippen LogP contribution in [-0.2, 0) is 9.47 Å². The first-order valence-corrected chi connectivity index (χ1v) is 11.8. The van der Waals surface area contributed by atoms with Crippen molar-refractivity contribution >= 4 is 31.5 Å². The zero-order valence-electron chi connectivity index (χ0n) is 14.1. The van der Waals surface area contributed by atoms with Gasteiger partial charge in [0.05, 0.1) is 21.3 Å². The second kappa shape index (κ2) is 8.18. The molecule has 0 saturated carbocycles. The molecule has 0 unspecified atom stereocenters. The van der Waals surface area contributed by atoms with Gasteiger partial charge in [-0.15, -0.1) is 11.6 Å². The number of hydrogen-bond acceptors (Lipinski definition) is 4. The summed E-state index contributed by atoms with van der Waals surface area (Å²) in [6.45, 7) is 14.0. The molecule has 0 fully saturated rings. The molecule has 0 bridgehead atoms. The van der Waals surface area contributed by atoms with Crippen molar-refractivity contribution in [2.45, 2.75) is 58.9 Å². The van der Waals surface area contributed by atoms with Crippen LogP contribution in [0.3, 0.4) is 0 Å². The summed E-state index contributed by atoms with van der Waals surface area (Å²) >= 11 is 6.12. The Kier molecular flexibility index (Phi) is 7.20. The highest BCUT2D eigenvalue weighted by Crippen LogP contribution is 2.24. The van der Waals surface area contributed by atoms with E-state index in [-0.39, 0.29) is 12.1 Å². The van der Waals surface area contributed by atoms with Gasteiger partial charge in [0.2, 0.25) is 11.8 Å². The Hall–Kier alpha value is -0.553. The van der Waals surface area contributed by atoms with E-state index in [9.17, 15) is 0 Å². The van der Waals surface area contributed by atoms with Gasteiger partial charge in [-0.25, -0.2) is 9.98 Å². The van der Waals surface area contributed by atoms with E-state index in [1.54, 1.807) is 0 Å². The van der Waals surface area contributed by atoms with Crippen molar-refractivity contribution in [3.8, 4) is 0 Å². The lowest BCUT2D eigenvalue weighted by atomic mass is 10.0. The molecule has 1 aliphatic rings. The average Bonchev–Trinajstić information content (AvgIpc) is 2.41. The molecular formula is C15H29ClN2O2Si. The summed E-state index contributed by atoms with van der Waals surface area (Å²) in [5.41, 5.74) is 0.718. The van der Waals surface area contributed by atoms with Gasteiger partial charge < -0.3 is 9.47 Å². The lowest BCUT2D eigenvalue weighted by Gasteiger charge is -2.31. The van der Waals surface area contributed by atoms with Crippen LogP contribution in [0.1, 0.15) is 27.7 Å². The van der Waals surface area contributed by atoms with Crippen molar-refractivity contribution in [1.29, 1.82) is 0 Å². The van der Waals surface area contributed by atoms with E-state index in [1.807, 2.05) is 13.8 Å². The molecule has 0 aromatic heterocycles. The Morgan fingerprint density at radius 1 is 1.10 bits per heavy atom. The molecule has 0 aliphatic carbocycles. The quantitative estimate of drug-likeness (QED) is 0.549. The largest absolute Gasteiger partial charge is 0.480 e. The first-order valence-electron chi connectivity index (χ1n) is 7.81. The minimum Gasteiger partial charge on any atom is -0.480 e. The van der Waals surface area contributed by atoms with E-state index < -0.39 is 8.07 Å². The fraction of sp³-hybridized carbons (Fsp3) is 0.867. The van der Waals surface area contributed by atoms with E-state index in [2.05, 4.69) is 26.9 Å². The topological polar surface area (TPSA) is 43.2 Å². The molecule has 0 radical (unpaired) electrons. The third-order valence-corrected chi connectivity index (χ3v) is 7.80. The third-order valence-electron chi connectivity index (χ3n) is 3.41. The van der Waals surface area contributed by atoms with Crippen LogP contribution in [-0.4, -0.2) is 50.7 Å². The van der Waals surface area contributed by atoms with Crippen molar-refractivity contribution in [3.05, 3.63) is 0 Å². The van der Waals surface area contributed by atoms with E-state index in [0.717, 1.165) is 23.3 Å². The fourth-order valence-electron chi connectivity index (χ4n) is 2.26. The molecular weight excluding hydrogens is 304 g/mol. The van der Waals surface area contributed by atoms with Crippen LogP contribution in [0.5, 0.6) is 0 Å². The fourth-order valence-corrected chi connectivity index (χ4v) is 4.01. The summed E-state index contributed by atoms with van der Waals surface area (Å²) < 4.78 is 11.5. The molecule has 0 N–H and O–H groups in total. The summed E-state index contributed by atoms with van der Waals surface area (Å²) in [5.74, 6) is 1.84. The minimum atomic E-state index is -1.50. The highest BCUT2D eigenvalue weighted by Gasteiger charge is 2.35. The summed E-state index contributed by atoms with van der Waals surface area (Å²) in [5, 5.41) is 0. The number of rotatable bonds is 6. The summed E-state index contributed by atoms with van der Waals surface area (Å²) in [4.78, 5) is 9.61. The molecule has 6 heteroatoms. The van der Waals surface area contributed by atoms with E-state index >= 15 is 0 Å². The summed E-state index contributed by atoms with van der Waals surface area (Å²) in [6, 6.07) is 0.863. The van der Waals surface area contributed by atoms with Crippen LogP contribution >= 0.6 is 11.6 Å². The number of nitrogens with zero attached hydrogens (tertiary/aromatic N) is 2. The average molecular weight is 333 g/mol. The lowest BCUT2D eigenvalue weighted by Crippen LogP contribution is -2.42. The van der Waals surface area contributed by atoms with Crippen molar-refractivity contribution in [2.75, 3.05) is 18.7 Å². The van der Waals surface area contributed by atoms with E-state index in [1.165, 1.54) is 0 Å². The van der Waals surface area contributed by atoms with Gasteiger partial charge in [0.15, 0.2) is 0 Å². The maximum absolute atomic E-state index is 6.12. The molecule has 0 aromatic rings. The van der Waals surface area contributed by atoms with Crippen molar-refractivity contribution in [2.24, 2.45) is 15.9 Å². The summed E-state index contributed by atoms with van der Waals surface area (Å²) in [7, 11) is -1.50. The molecule has 0 spiro atoms. The van der Waals surface area contributed by atoms with Gasteiger partial charge in [0.25, 0.3) is 0 Å². The molecule has 4 nitrogen and oxygen atoms in total. The highest BCUT2D eigenvalue weighted by molar-refractivity contribution is 6.83. The minimum absolute atomic E-state index is 0.0384. The van der Waals surface area contributed by atoms with Gasteiger partial charge >= 0.3 is 0 Å². The van der Waals surface area contributed by atoms with Crippen LogP contribution in [0.4, 0.5) is 0 Å². The second-order valence-corrected chi connectivity index (χ2v) is 12.3. The van der Waals surface area contributed by atoms with Crippen molar-refractivity contribution in [3.63, 3.8) is 0 Å². The number of ether oxygens (including phenoxy) is 2. The molecule has 122 valence electrons. The maximum Gasteiger partial charge on any atom is 0.209 e. The number of alkyl halides is 1. The standard InChI is InChI=1S/C15H29ClN2O2Si/c1-7-19-14-12(9-21(5,6)10-16)17-15(20-8-2)13(18-14)11(3)4/h11-13H,7-10H2,1-6H3/t12-,13+/m0/s1. The van der Waals surface area contributed by atoms with Crippen LogP contribution in [0, 0.1) is 5.92 Å². The zero-order valence-corrected chi connectivity index (χ0v) is 15.9. The van der Waals surface area contributed by atoms with E-state index in [0.29, 0.717) is 19.1 Å². The van der Waals surface area contributed by atoms with Crippen LogP contribution < -0.4 is 0 Å². The predicted molar refractivity (Wildman–Crippen MR) is 93.5 cm³/mol. The zero-order chi connectivity index (χ0) is 16.0. The van der Waals surface area contributed by atoms with Gasteiger partial charge in [-0.1, -0.05) is 26.9 Å². The molecule has 0 amide bonds. The second-order valence-electron chi connectivity index (χ2n) is 6.51. The van der Waals surface area contributed by atoms with Crippen molar-refractivity contribution in [1.82, 2.24) is 0 Å². The van der Waals surface area contributed by atoms with Crippen LogP contribution in [0.15, 0.2) is 9.98 Å². The Morgan fingerprint density at radius 2 is 1.67 bits per heavy atom. The van der Waals surface area contributed by atoms with Gasteiger partial charge in [-0.05, 0) is 25.8 Å². The SMILES string of the molecule is CCOC1=N[C@H](C(C)C)C(OCC)=N[C@H]1C[Si](C)(C)CCl. The van der Waals surface area contributed by atoms with Gasteiger partial charge in [-0.3, -0.25) is 0 Å².